The van der Waals surface area contributed by atoms with E-state index in [9.17, 15) is 10.0 Å². The van der Waals surface area contributed by atoms with Crippen molar-refractivity contribution in [1.29, 1.82) is 0 Å². The summed E-state index contributed by atoms with van der Waals surface area (Å²) in [7, 11) is -1.67. The van der Waals surface area contributed by atoms with Gasteiger partial charge in [-0.15, -0.1) is 0 Å². The molecule has 45 heavy (non-hydrogen) atoms. The molecule has 2 aliphatic carbocycles. The first-order valence-corrected chi connectivity index (χ1v) is 15.3. The fraction of sp³-hybridized carbons (Fsp3) is 0.100. The summed E-state index contributed by atoms with van der Waals surface area (Å²) < 4.78 is 0. The highest BCUT2D eigenvalue weighted by Gasteiger charge is 2.40. The number of hydrogen-bond donors (Lipinski definition) is 2. The van der Waals surface area contributed by atoms with Gasteiger partial charge in [-0.2, -0.15) is 0 Å². The lowest BCUT2D eigenvalue weighted by Crippen LogP contribution is -2.33. The molecule has 2 heterocycles. The lowest BCUT2D eigenvalue weighted by atomic mass is 9.62. The number of benzene rings is 3. The van der Waals surface area contributed by atoms with Crippen LogP contribution in [0.25, 0.3) is 44.9 Å². The summed E-state index contributed by atoms with van der Waals surface area (Å²) in [5.41, 5.74) is 10.8. The van der Waals surface area contributed by atoms with E-state index in [1.807, 2.05) is 24.3 Å². The molecule has 2 N–H and O–H groups in total. The van der Waals surface area contributed by atoms with Crippen molar-refractivity contribution >= 4 is 23.9 Å². The van der Waals surface area contributed by atoms with Gasteiger partial charge in [-0.25, -0.2) is 4.98 Å². The fourth-order valence-electron chi connectivity index (χ4n) is 6.84. The number of pyridine rings is 2. The lowest BCUT2D eigenvalue weighted by molar-refractivity contribution is 0.424. The molecule has 5 heteroatoms. The van der Waals surface area contributed by atoms with Crippen molar-refractivity contribution in [1.82, 2.24) is 9.97 Å². The molecular formula is C40H33BN2O2. The Bertz CT molecular complexity index is 2010. The number of fused-ring (bicyclic) bond motifs is 4. The standard InChI is InChI=1S/C40H33BN2O2/c1-27-24-34(28(2)40(22-11-4-12-23-40)35-19-10-9-18-33(35)32-17-8-7-16-31(27)32)30-25-37(29-14-5-3-6-15-29)42-38(26-30)36-20-13-21-39(43-36)41(44)45/h3-22,24-26,28,44-45H,1,23H2,2H3/b34-24+/t28?,40-/m1/s1. The van der Waals surface area contributed by atoms with Gasteiger partial charge in [0.2, 0.25) is 0 Å². The lowest BCUT2D eigenvalue weighted by Gasteiger charge is -2.40. The van der Waals surface area contributed by atoms with Crippen LogP contribution >= 0.6 is 0 Å². The molecule has 0 aliphatic heterocycles. The number of aromatic nitrogens is 2. The van der Waals surface area contributed by atoms with Gasteiger partial charge < -0.3 is 10.0 Å². The van der Waals surface area contributed by atoms with Crippen molar-refractivity contribution < 1.29 is 10.0 Å². The summed E-state index contributed by atoms with van der Waals surface area (Å²) in [6, 6.07) is 36.9. The maximum Gasteiger partial charge on any atom is 0.508 e. The normalized spacial score (nSPS) is 19.9. The van der Waals surface area contributed by atoms with Crippen LogP contribution in [0.2, 0.25) is 0 Å². The van der Waals surface area contributed by atoms with Gasteiger partial charge in [-0.3, -0.25) is 4.98 Å². The molecule has 0 fully saturated rings. The predicted molar refractivity (Wildman–Crippen MR) is 185 cm³/mol. The molecule has 7 rings (SSSR count). The zero-order valence-electron chi connectivity index (χ0n) is 25.1. The van der Waals surface area contributed by atoms with E-state index in [-0.39, 0.29) is 16.9 Å². The van der Waals surface area contributed by atoms with E-state index >= 15 is 0 Å². The minimum absolute atomic E-state index is 0.0448. The van der Waals surface area contributed by atoms with Crippen LogP contribution in [0, 0.1) is 5.92 Å². The Balaban J connectivity index is 1.51. The maximum absolute atomic E-state index is 9.88. The van der Waals surface area contributed by atoms with Crippen LogP contribution in [0.5, 0.6) is 0 Å². The van der Waals surface area contributed by atoms with Crippen LogP contribution in [0.1, 0.15) is 30.0 Å². The number of rotatable bonds is 4. The second-order valence-corrected chi connectivity index (χ2v) is 11.8. The average Bonchev–Trinajstić information content (AvgIpc) is 3.13. The Kier molecular flexibility index (Phi) is 7.50. The summed E-state index contributed by atoms with van der Waals surface area (Å²) in [5.74, 6) is 0.0448. The van der Waals surface area contributed by atoms with Gasteiger partial charge >= 0.3 is 7.12 Å². The fourth-order valence-corrected chi connectivity index (χ4v) is 6.84. The zero-order chi connectivity index (χ0) is 31.0. The molecule has 2 aliphatic rings. The third-order valence-electron chi connectivity index (χ3n) is 9.18. The summed E-state index contributed by atoms with van der Waals surface area (Å²) in [6.45, 7) is 6.93. The van der Waals surface area contributed by atoms with Gasteiger partial charge in [0.05, 0.1) is 22.7 Å². The molecule has 0 saturated carbocycles. The second-order valence-electron chi connectivity index (χ2n) is 11.8. The van der Waals surface area contributed by atoms with Gasteiger partial charge in [0, 0.05) is 11.0 Å². The van der Waals surface area contributed by atoms with E-state index in [0.717, 1.165) is 40.0 Å². The van der Waals surface area contributed by atoms with Crippen LogP contribution in [0.15, 0.2) is 146 Å². The molecule has 1 spiro atoms. The predicted octanol–water partition coefficient (Wildman–Crippen LogP) is 7.66. The minimum atomic E-state index is -1.67. The minimum Gasteiger partial charge on any atom is -0.422 e. The molecular weight excluding hydrogens is 551 g/mol. The molecule has 0 saturated heterocycles. The number of hydrogen-bond acceptors (Lipinski definition) is 4. The Morgan fingerprint density at radius 2 is 1.42 bits per heavy atom. The van der Waals surface area contributed by atoms with Crippen LogP contribution in [-0.2, 0) is 5.41 Å². The first-order valence-electron chi connectivity index (χ1n) is 15.3. The Hall–Kier alpha value is -5.10. The highest BCUT2D eigenvalue weighted by Crippen LogP contribution is 2.51. The summed E-state index contributed by atoms with van der Waals surface area (Å²) >= 11 is 0. The molecule has 5 aromatic rings. The molecule has 3 aromatic carbocycles. The van der Waals surface area contributed by atoms with Crippen LogP contribution < -0.4 is 5.59 Å². The van der Waals surface area contributed by atoms with Crippen molar-refractivity contribution in [3.8, 4) is 33.8 Å². The van der Waals surface area contributed by atoms with E-state index in [0.29, 0.717) is 11.4 Å². The molecule has 218 valence electrons. The van der Waals surface area contributed by atoms with E-state index in [2.05, 4.69) is 122 Å². The molecule has 0 radical (unpaired) electrons. The van der Waals surface area contributed by atoms with Crippen molar-refractivity contribution in [2.75, 3.05) is 0 Å². The average molecular weight is 585 g/mol. The van der Waals surface area contributed by atoms with Gasteiger partial charge in [0.25, 0.3) is 0 Å². The molecule has 2 aromatic heterocycles. The van der Waals surface area contributed by atoms with E-state index in [1.54, 1.807) is 12.1 Å². The van der Waals surface area contributed by atoms with E-state index in [4.69, 9.17) is 4.98 Å². The second kappa shape index (κ2) is 11.8. The summed E-state index contributed by atoms with van der Waals surface area (Å²) in [4.78, 5) is 9.62. The van der Waals surface area contributed by atoms with E-state index in [1.165, 1.54) is 16.7 Å². The maximum atomic E-state index is 9.88. The Labute approximate surface area is 264 Å². The molecule has 4 nitrogen and oxygen atoms in total. The Morgan fingerprint density at radius 1 is 0.711 bits per heavy atom. The van der Waals surface area contributed by atoms with Crippen LogP contribution in [0.4, 0.5) is 0 Å². The highest BCUT2D eigenvalue weighted by atomic mass is 16.4. The largest absolute Gasteiger partial charge is 0.508 e. The zero-order valence-corrected chi connectivity index (χ0v) is 25.1. The van der Waals surface area contributed by atoms with Crippen molar-refractivity contribution in [2.45, 2.75) is 18.8 Å². The van der Waals surface area contributed by atoms with Crippen LogP contribution in [0.3, 0.4) is 0 Å². The van der Waals surface area contributed by atoms with Crippen molar-refractivity contribution in [3.63, 3.8) is 0 Å². The smallest absolute Gasteiger partial charge is 0.422 e. The molecule has 0 amide bonds. The first-order chi connectivity index (χ1) is 21.9. The third kappa shape index (κ3) is 5.20. The first kappa shape index (κ1) is 28.7. The SMILES string of the molecule is C=C1/C=C(/c2cc(-c3ccccc3)nc(-c3cccc(B(O)O)n3)c2)C(C)[C@]2(C=CC=CC2)c2ccccc2-c2ccccc21. The monoisotopic (exact) mass is 584 g/mol. The van der Waals surface area contributed by atoms with Gasteiger partial charge in [-0.05, 0) is 75.6 Å². The topological polar surface area (TPSA) is 66.2 Å². The molecule has 0 bridgehead atoms. The van der Waals surface area contributed by atoms with Crippen molar-refractivity contribution in [2.24, 2.45) is 5.92 Å². The Morgan fingerprint density at radius 3 is 2.18 bits per heavy atom. The molecule has 1 unspecified atom stereocenters. The number of allylic oxidation sites excluding steroid dienone is 7. The third-order valence-corrected chi connectivity index (χ3v) is 9.18. The van der Waals surface area contributed by atoms with Gasteiger partial charge in [-0.1, -0.05) is 129 Å². The van der Waals surface area contributed by atoms with Crippen molar-refractivity contribution in [3.05, 3.63) is 163 Å². The summed E-state index contributed by atoms with van der Waals surface area (Å²) in [6.07, 6.45) is 12.1. The van der Waals surface area contributed by atoms with Gasteiger partial charge in [0.15, 0.2) is 0 Å². The summed E-state index contributed by atoms with van der Waals surface area (Å²) in [5, 5.41) is 19.8. The quantitative estimate of drug-likeness (QED) is 0.213. The van der Waals surface area contributed by atoms with Crippen LogP contribution in [-0.4, -0.2) is 27.1 Å². The van der Waals surface area contributed by atoms with E-state index < -0.39 is 7.12 Å². The molecule has 2 atom stereocenters. The number of nitrogens with zero attached hydrogens (tertiary/aromatic N) is 2. The van der Waals surface area contributed by atoms with Gasteiger partial charge in [0.1, 0.15) is 0 Å². The highest BCUT2D eigenvalue weighted by molar-refractivity contribution is 6.57.